The van der Waals surface area contributed by atoms with Gasteiger partial charge in [0.15, 0.2) is 0 Å². The summed E-state index contributed by atoms with van der Waals surface area (Å²) in [6, 6.07) is 9.41. The second-order valence-corrected chi connectivity index (χ2v) is 4.47. The summed E-state index contributed by atoms with van der Waals surface area (Å²) in [7, 11) is 0. The minimum absolute atomic E-state index is 0.541. The molecule has 0 aliphatic carbocycles. The molecule has 1 aliphatic heterocycles. The highest BCUT2D eigenvalue weighted by Crippen LogP contribution is 2.08. The second kappa shape index (κ2) is 6.02. The molecule has 88 valence electrons. The molecule has 0 amide bonds. The van der Waals surface area contributed by atoms with E-state index in [0.717, 1.165) is 26.2 Å². The van der Waals surface area contributed by atoms with Crippen molar-refractivity contribution in [3.63, 3.8) is 0 Å². The van der Waals surface area contributed by atoms with E-state index in [0.29, 0.717) is 6.04 Å². The van der Waals surface area contributed by atoms with E-state index in [4.69, 9.17) is 4.74 Å². The van der Waals surface area contributed by atoms with Crippen molar-refractivity contribution in [3.05, 3.63) is 35.4 Å². The molecule has 2 rings (SSSR count). The molecule has 0 spiro atoms. The van der Waals surface area contributed by atoms with Gasteiger partial charge in [-0.25, -0.2) is 0 Å². The Morgan fingerprint density at radius 2 is 2.00 bits per heavy atom. The van der Waals surface area contributed by atoms with Gasteiger partial charge in [-0.2, -0.15) is 0 Å². The van der Waals surface area contributed by atoms with E-state index >= 15 is 0 Å². The first-order valence-electron chi connectivity index (χ1n) is 6.27. The first-order chi connectivity index (χ1) is 7.88. The van der Waals surface area contributed by atoms with Gasteiger partial charge in [-0.15, -0.1) is 0 Å². The molecular weight excluding hydrogens is 198 g/mol. The van der Waals surface area contributed by atoms with Crippen molar-refractivity contribution in [2.45, 2.75) is 38.8 Å². The fourth-order valence-electron chi connectivity index (χ4n) is 2.06. The molecule has 1 atom stereocenters. The molecule has 2 heteroatoms. The molecule has 1 saturated heterocycles. The second-order valence-electron chi connectivity index (χ2n) is 4.47. The number of hydrogen-bond donors (Lipinski definition) is 1. The van der Waals surface area contributed by atoms with Gasteiger partial charge in [0.1, 0.15) is 0 Å². The SMILES string of the molecule is CCc1ccc(CNC2CCCOC2)cc1. The summed E-state index contributed by atoms with van der Waals surface area (Å²) < 4.78 is 5.44. The summed E-state index contributed by atoms with van der Waals surface area (Å²) in [5, 5.41) is 3.55. The topological polar surface area (TPSA) is 21.3 Å². The summed E-state index contributed by atoms with van der Waals surface area (Å²) in [6.07, 6.45) is 3.55. The molecule has 0 bridgehead atoms. The Morgan fingerprint density at radius 3 is 2.62 bits per heavy atom. The van der Waals surface area contributed by atoms with Crippen molar-refractivity contribution >= 4 is 0 Å². The maximum Gasteiger partial charge on any atom is 0.0619 e. The highest BCUT2D eigenvalue weighted by molar-refractivity contribution is 5.22. The van der Waals surface area contributed by atoms with Crippen molar-refractivity contribution < 1.29 is 4.74 Å². The summed E-state index contributed by atoms with van der Waals surface area (Å²) in [6.45, 7) is 4.95. The molecule has 1 heterocycles. The Kier molecular flexibility index (Phi) is 4.37. The highest BCUT2D eigenvalue weighted by Gasteiger charge is 2.12. The molecule has 1 aromatic carbocycles. The maximum absolute atomic E-state index is 5.44. The van der Waals surface area contributed by atoms with Crippen LogP contribution in [0.5, 0.6) is 0 Å². The van der Waals surface area contributed by atoms with Gasteiger partial charge in [-0.1, -0.05) is 31.2 Å². The molecule has 0 aromatic heterocycles. The molecule has 0 saturated carbocycles. The van der Waals surface area contributed by atoms with Crippen LogP contribution in [0, 0.1) is 0 Å². The molecule has 0 radical (unpaired) electrons. The quantitative estimate of drug-likeness (QED) is 0.840. The maximum atomic E-state index is 5.44. The highest BCUT2D eigenvalue weighted by atomic mass is 16.5. The van der Waals surface area contributed by atoms with E-state index in [2.05, 4.69) is 36.5 Å². The standard InChI is InChI=1S/C14H21NO/c1-2-12-5-7-13(8-6-12)10-15-14-4-3-9-16-11-14/h5-8,14-15H,2-4,9-11H2,1H3. The molecule has 1 fully saturated rings. The third kappa shape index (κ3) is 3.32. The lowest BCUT2D eigenvalue weighted by Crippen LogP contribution is -2.36. The van der Waals surface area contributed by atoms with E-state index < -0.39 is 0 Å². The van der Waals surface area contributed by atoms with Crippen LogP contribution in [0.25, 0.3) is 0 Å². The Bertz CT molecular complexity index is 301. The van der Waals surface area contributed by atoms with Crippen LogP contribution in [0.3, 0.4) is 0 Å². The molecule has 1 unspecified atom stereocenters. The normalized spacial score (nSPS) is 20.9. The van der Waals surface area contributed by atoms with Gasteiger partial charge in [0.25, 0.3) is 0 Å². The minimum Gasteiger partial charge on any atom is -0.380 e. The van der Waals surface area contributed by atoms with Crippen molar-refractivity contribution in [1.29, 1.82) is 0 Å². The lowest BCUT2D eigenvalue weighted by atomic mass is 10.1. The Labute approximate surface area is 98.0 Å². The average molecular weight is 219 g/mol. The summed E-state index contributed by atoms with van der Waals surface area (Å²) in [5.74, 6) is 0. The third-order valence-corrected chi connectivity index (χ3v) is 3.19. The molecule has 2 nitrogen and oxygen atoms in total. The Balaban J connectivity index is 1.79. The van der Waals surface area contributed by atoms with Crippen molar-refractivity contribution in [1.82, 2.24) is 5.32 Å². The summed E-state index contributed by atoms with van der Waals surface area (Å²) in [4.78, 5) is 0. The predicted molar refractivity (Wildman–Crippen MR) is 66.5 cm³/mol. The van der Waals surface area contributed by atoms with Gasteiger partial charge in [0.2, 0.25) is 0 Å². The van der Waals surface area contributed by atoms with Gasteiger partial charge >= 0.3 is 0 Å². The number of ether oxygens (including phenoxy) is 1. The molecule has 1 aliphatic rings. The zero-order valence-electron chi connectivity index (χ0n) is 10.0. The van der Waals surface area contributed by atoms with E-state index in [9.17, 15) is 0 Å². The van der Waals surface area contributed by atoms with Crippen LogP contribution in [0.1, 0.15) is 30.9 Å². The van der Waals surface area contributed by atoms with Crippen LogP contribution < -0.4 is 5.32 Å². The van der Waals surface area contributed by atoms with Crippen molar-refractivity contribution in [3.8, 4) is 0 Å². The average Bonchev–Trinajstić information content (AvgIpc) is 2.38. The van der Waals surface area contributed by atoms with Gasteiger partial charge in [0, 0.05) is 19.2 Å². The largest absolute Gasteiger partial charge is 0.380 e. The molecule has 16 heavy (non-hydrogen) atoms. The monoisotopic (exact) mass is 219 g/mol. The minimum atomic E-state index is 0.541. The van der Waals surface area contributed by atoms with Crippen LogP contribution in [0.2, 0.25) is 0 Å². The number of rotatable bonds is 4. The fourth-order valence-corrected chi connectivity index (χ4v) is 2.06. The molecule has 1 N–H and O–H groups in total. The van der Waals surface area contributed by atoms with Crippen LogP contribution in [0.4, 0.5) is 0 Å². The van der Waals surface area contributed by atoms with Crippen molar-refractivity contribution in [2.75, 3.05) is 13.2 Å². The van der Waals surface area contributed by atoms with E-state index in [1.54, 1.807) is 0 Å². The first kappa shape index (κ1) is 11.6. The lowest BCUT2D eigenvalue weighted by molar-refractivity contribution is 0.0699. The van der Waals surface area contributed by atoms with E-state index in [1.807, 2.05) is 0 Å². The number of hydrogen-bond acceptors (Lipinski definition) is 2. The Morgan fingerprint density at radius 1 is 1.25 bits per heavy atom. The van der Waals surface area contributed by atoms with E-state index in [1.165, 1.54) is 24.0 Å². The van der Waals surface area contributed by atoms with Crippen LogP contribution >= 0.6 is 0 Å². The number of aryl methyl sites for hydroxylation is 1. The van der Waals surface area contributed by atoms with Gasteiger partial charge < -0.3 is 10.1 Å². The zero-order valence-corrected chi connectivity index (χ0v) is 10.0. The lowest BCUT2D eigenvalue weighted by Gasteiger charge is -2.23. The smallest absolute Gasteiger partial charge is 0.0619 e. The van der Waals surface area contributed by atoms with Gasteiger partial charge in [-0.3, -0.25) is 0 Å². The summed E-state index contributed by atoms with van der Waals surface area (Å²) >= 11 is 0. The van der Waals surface area contributed by atoms with Gasteiger partial charge in [0.05, 0.1) is 6.61 Å². The van der Waals surface area contributed by atoms with Crippen molar-refractivity contribution in [2.24, 2.45) is 0 Å². The summed E-state index contributed by atoms with van der Waals surface area (Å²) in [5.41, 5.74) is 2.77. The Hall–Kier alpha value is -0.860. The third-order valence-electron chi connectivity index (χ3n) is 3.19. The van der Waals surface area contributed by atoms with Crippen LogP contribution in [-0.2, 0) is 17.7 Å². The van der Waals surface area contributed by atoms with Crippen LogP contribution in [-0.4, -0.2) is 19.3 Å². The number of benzene rings is 1. The first-order valence-corrected chi connectivity index (χ1v) is 6.27. The molecule has 1 aromatic rings. The fraction of sp³-hybridized carbons (Fsp3) is 0.571. The predicted octanol–water partition coefficient (Wildman–Crippen LogP) is 2.52. The number of nitrogens with one attached hydrogen (secondary N) is 1. The van der Waals surface area contributed by atoms with E-state index in [-0.39, 0.29) is 0 Å². The van der Waals surface area contributed by atoms with Gasteiger partial charge in [-0.05, 0) is 30.4 Å². The van der Waals surface area contributed by atoms with Crippen LogP contribution in [0.15, 0.2) is 24.3 Å². The molecular formula is C14H21NO. The zero-order chi connectivity index (χ0) is 11.2.